The molecule has 0 saturated carbocycles. The van der Waals surface area contributed by atoms with Crippen molar-refractivity contribution < 1.29 is 19.1 Å². The van der Waals surface area contributed by atoms with Crippen LogP contribution in [-0.2, 0) is 25.5 Å². The molecule has 0 radical (unpaired) electrons. The molecule has 2 aliphatic heterocycles. The Hall–Kier alpha value is -2.73. The van der Waals surface area contributed by atoms with Gasteiger partial charge in [-0.3, -0.25) is 14.4 Å². The van der Waals surface area contributed by atoms with Gasteiger partial charge in [0.1, 0.15) is 24.1 Å². The first-order valence-corrected chi connectivity index (χ1v) is 10.2. The molecule has 146 valence electrons. The van der Waals surface area contributed by atoms with Crippen LogP contribution in [0.5, 0.6) is 0 Å². The zero-order valence-corrected chi connectivity index (χ0v) is 16.3. The second-order valence-electron chi connectivity index (χ2n) is 6.24. The Balaban J connectivity index is 1.49. The molecule has 2 aromatic rings. The summed E-state index contributed by atoms with van der Waals surface area (Å²) in [5.41, 5.74) is 0.687. The van der Waals surface area contributed by atoms with Gasteiger partial charge >= 0.3 is 5.97 Å². The Labute approximate surface area is 167 Å². The van der Waals surface area contributed by atoms with Crippen molar-refractivity contribution in [3.05, 3.63) is 39.2 Å². The van der Waals surface area contributed by atoms with Crippen LogP contribution in [0.4, 0.5) is 0 Å². The molecule has 12 heteroatoms. The van der Waals surface area contributed by atoms with Crippen LogP contribution in [0.15, 0.2) is 28.5 Å². The number of nitrogens with one attached hydrogen (secondary N) is 2. The molecule has 2 N–H and O–H groups in total. The van der Waals surface area contributed by atoms with Gasteiger partial charge in [-0.2, -0.15) is 0 Å². The lowest BCUT2D eigenvalue weighted by molar-refractivity contribution is -0.152. The minimum Gasteiger partial charge on any atom is -0.461 e. The molecular weight excluding hydrogens is 404 g/mol. The number of hydrogen-bond donors (Lipinski definition) is 2. The topological polar surface area (TPSA) is 130 Å². The van der Waals surface area contributed by atoms with Gasteiger partial charge in [-0.05, 0) is 27.3 Å². The van der Waals surface area contributed by atoms with Gasteiger partial charge in [-0.15, -0.1) is 28.2 Å². The van der Waals surface area contributed by atoms with Crippen LogP contribution in [0.3, 0.4) is 0 Å². The minimum absolute atomic E-state index is 0.0274. The van der Waals surface area contributed by atoms with Gasteiger partial charge in [0.2, 0.25) is 11.8 Å². The molecule has 1 saturated heterocycles. The van der Waals surface area contributed by atoms with E-state index in [4.69, 9.17) is 4.74 Å². The molecule has 4 heterocycles. The Morgan fingerprint density at radius 1 is 1.43 bits per heavy atom. The number of aromatic amines is 1. The molecule has 2 amide bonds. The van der Waals surface area contributed by atoms with Crippen LogP contribution >= 0.6 is 23.1 Å². The van der Waals surface area contributed by atoms with Gasteiger partial charge in [-0.1, -0.05) is 6.07 Å². The molecule has 4 rings (SSSR count). The van der Waals surface area contributed by atoms with Crippen LogP contribution in [0.1, 0.15) is 23.7 Å². The van der Waals surface area contributed by atoms with Gasteiger partial charge in [0.25, 0.3) is 0 Å². The van der Waals surface area contributed by atoms with Crippen LogP contribution in [0.25, 0.3) is 0 Å². The van der Waals surface area contributed by atoms with Crippen molar-refractivity contribution >= 4 is 40.9 Å². The molecule has 2 aromatic heterocycles. The number of rotatable bonds is 6. The number of thiophene rings is 1. The van der Waals surface area contributed by atoms with Crippen molar-refractivity contribution in [1.82, 2.24) is 30.8 Å². The zero-order valence-electron chi connectivity index (χ0n) is 14.7. The van der Waals surface area contributed by atoms with E-state index in [0.717, 1.165) is 4.88 Å². The number of esters is 1. The lowest BCUT2D eigenvalue weighted by Gasteiger charge is -2.51. The van der Waals surface area contributed by atoms with Crippen molar-refractivity contribution in [2.45, 2.75) is 30.8 Å². The highest BCUT2D eigenvalue weighted by Crippen LogP contribution is 2.45. The number of carbonyl (C=O) groups is 3. The number of β-lactam (4-membered cyclic amide) rings is 1. The standard InChI is InChI=1S/C16H16N6O4S2/c1-8(23)26-6-9-7-28-16-12(17-11(24)5-10-3-2-4-27-10)15(25)22(16)13(9)14-18-20-21-19-14/h2-4,7,12-13,16H,5-6H2,1H3,(H,17,24)(H,18,19,20,21)/t12-,13-,16-/m1/s1. The summed E-state index contributed by atoms with van der Waals surface area (Å²) in [4.78, 5) is 38.8. The first-order valence-electron chi connectivity index (χ1n) is 8.40. The van der Waals surface area contributed by atoms with Gasteiger partial charge < -0.3 is 15.0 Å². The number of hydrogen-bond acceptors (Lipinski definition) is 9. The first-order chi connectivity index (χ1) is 13.5. The molecule has 0 spiro atoms. The summed E-state index contributed by atoms with van der Waals surface area (Å²) in [6.45, 7) is 1.35. The average Bonchev–Trinajstić information content (AvgIpc) is 3.37. The number of nitrogens with zero attached hydrogens (tertiary/aromatic N) is 4. The van der Waals surface area contributed by atoms with E-state index in [2.05, 4.69) is 25.9 Å². The predicted octanol–water partition coefficient (Wildman–Crippen LogP) is 0.392. The lowest BCUT2D eigenvalue weighted by atomic mass is 9.97. The third kappa shape index (κ3) is 3.52. The molecule has 0 aromatic carbocycles. The maximum absolute atomic E-state index is 12.8. The Bertz CT molecular complexity index is 914. The third-order valence-electron chi connectivity index (χ3n) is 4.36. The Kier molecular flexibility index (Phi) is 5.13. The van der Waals surface area contributed by atoms with E-state index in [1.807, 2.05) is 22.9 Å². The molecule has 3 atom stereocenters. The molecule has 2 aliphatic rings. The number of thioether (sulfide) groups is 1. The van der Waals surface area contributed by atoms with E-state index < -0.39 is 18.1 Å². The summed E-state index contributed by atoms with van der Waals surface area (Å²) in [5, 5.41) is 20.0. The highest BCUT2D eigenvalue weighted by molar-refractivity contribution is 8.02. The third-order valence-corrected chi connectivity index (χ3v) is 6.46. The fourth-order valence-electron chi connectivity index (χ4n) is 3.12. The van der Waals surface area contributed by atoms with Crippen molar-refractivity contribution in [1.29, 1.82) is 0 Å². The summed E-state index contributed by atoms with van der Waals surface area (Å²) in [6.07, 6.45) is 0.238. The maximum Gasteiger partial charge on any atom is 0.302 e. The predicted molar refractivity (Wildman–Crippen MR) is 99.8 cm³/mol. The number of ether oxygens (including phenoxy) is 1. The smallest absolute Gasteiger partial charge is 0.302 e. The van der Waals surface area contributed by atoms with E-state index in [9.17, 15) is 14.4 Å². The quantitative estimate of drug-likeness (QED) is 0.507. The van der Waals surface area contributed by atoms with Crippen LogP contribution in [0, 0.1) is 0 Å². The summed E-state index contributed by atoms with van der Waals surface area (Å²) >= 11 is 2.89. The van der Waals surface area contributed by atoms with Gasteiger partial charge in [0.05, 0.1) is 6.42 Å². The number of tetrazole rings is 1. The van der Waals surface area contributed by atoms with E-state index in [1.54, 1.807) is 4.90 Å². The molecule has 0 bridgehead atoms. The van der Waals surface area contributed by atoms with Gasteiger partial charge in [-0.25, -0.2) is 5.10 Å². The lowest BCUT2D eigenvalue weighted by Crippen LogP contribution is -2.71. The van der Waals surface area contributed by atoms with Crippen LogP contribution in [0.2, 0.25) is 0 Å². The molecule has 28 heavy (non-hydrogen) atoms. The van der Waals surface area contributed by atoms with Crippen molar-refractivity contribution in [2.24, 2.45) is 0 Å². The summed E-state index contributed by atoms with van der Waals surface area (Å²) in [7, 11) is 0. The van der Waals surface area contributed by atoms with Crippen LogP contribution < -0.4 is 5.32 Å². The number of carbonyl (C=O) groups excluding carboxylic acids is 3. The summed E-state index contributed by atoms with van der Waals surface area (Å²) in [6, 6.07) is 2.57. The maximum atomic E-state index is 12.8. The van der Waals surface area contributed by atoms with E-state index in [-0.39, 0.29) is 30.2 Å². The van der Waals surface area contributed by atoms with Crippen molar-refractivity contribution in [3.8, 4) is 0 Å². The van der Waals surface area contributed by atoms with E-state index >= 15 is 0 Å². The fraction of sp³-hybridized carbons (Fsp3) is 0.375. The SMILES string of the molecule is CC(=O)OCC1=CS[C@@H]2[C@H](NC(=O)Cc3cccs3)C(=O)N2[C@H]1c1nnn[nH]1. The molecular formula is C16H16N6O4S2. The highest BCUT2D eigenvalue weighted by Gasteiger charge is 2.55. The van der Waals surface area contributed by atoms with Gasteiger partial charge in [0, 0.05) is 17.4 Å². The summed E-state index contributed by atoms with van der Waals surface area (Å²) in [5.74, 6) is -0.475. The normalized spacial score (nSPS) is 23.5. The monoisotopic (exact) mass is 420 g/mol. The second-order valence-corrected chi connectivity index (χ2v) is 8.26. The zero-order chi connectivity index (χ0) is 19.7. The van der Waals surface area contributed by atoms with E-state index in [0.29, 0.717) is 11.4 Å². The van der Waals surface area contributed by atoms with Crippen molar-refractivity contribution in [2.75, 3.05) is 6.61 Å². The van der Waals surface area contributed by atoms with Gasteiger partial charge in [0.15, 0.2) is 5.82 Å². The summed E-state index contributed by atoms with van der Waals surface area (Å²) < 4.78 is 5.09. The molecule has 1 fully saturated rings. The molecule has 0 aliphatic carbocycles. The second kappa shape index (κ2) is 7.72. The average molecular weight is 420 g/mol. The van der Waals surface area contributed by atoms with E-state index in [1.165, 1.54) is 30.0 Å². The number of amides is 2. The number of aromatic nitrogens is 4. The fourth-order valence-corrected chi connectivity index (χ4v) is 5.03. The largest absolute Gasteiger partial charge is 0.461 e. The van der Waals surface area contributed by atoms with Crippen LogP contribution in [-0.4, -0.2) is 61.3 Å². The highest BCUT2D eigenvalue weighted by atomic mass is 32.2. The molecule has 0 unspecified atom stereocenters. The number of fused-ring (bicyclic) bond motifs is 1. The molecule has 10 nitrogen and oxygen atoms in total. The minimum atomic E-state index is -0.623. The Morgan fingerprint density at radius 2 is 2.29 bits per heavy atom. The van der Waals surface area contributed by atoms with Crippen molar-refractivity contribution in [3.63, 3.8) is 0 Å². The first kappa shape index (κ1) is 18.6. The number of H-pyrrole nitrogens is 1. The Morgan fingerprint density at radius 3 is 2.96 bits per heavy atom.